The van der Waals surface area contributed by atoms with Gasteiger partial charge in [-0.3, -0.25) is 14.5 Å². The number of hydrogen-bond acceptors (Lipinski definition) is 4. The number of quaternary nitrogens is 1. The SMILES string of the molecule is CCOC(=O)N1CC[NH+](CC(=O)Nc2ccccc2C(C)=O)CC1. The Morgan fingerprint density at radius 2 is 1.88 bits per heavy atom. The minimum absolute atomic E-state index is 0.0821. The highest BCUT2D eigenvalue weighted by molar-refractivity contribution is 6.03. The number of anilines is 1. The zero-order valence-electron chi connectivity index (χ0n) is 14.1. The molecule has 1 heterocycles. The topological polar surface area (TPSA) is 80.2 Å². The standard InChI is InChI=1S/C17H23N3O4/c1-3-24-17(23)20-10-8-19(9-11-20)12-16(22)18-15-7-5-4-6-14(15)13(2)21/h4-7H,3,8-12H2,1-2H3,(H,18,22)/p+1. The van der Waals surface area contributed by atoms with E-state index in [0.717, 1.165) is 4.90 Å². The zero-order valence-corrected chi connectivity index (χ0v) is 14.1. The maximum absolute atomic E-state index is 12.2. The summed E-state index contributed by atoms with van der Waals surface area (Å²) < 4.78 is 4.98. The fourth-order valence-electron chi connectivity index (χ4n) is 2.72. The number of Topliss-reactive ketones (excluding diaryl/α,β-unsaturated/α-hetero) is 1. The van der Waals surface area contributed by atoms with Crippen LogP contribution in [0.25, 0.3) is 0 Å². The molecule has 2 amide bonds. The van der Waals surface area contributed by atoms with Crippen molar-refractivity contribution in [1.29, 1.82) is 0 Å². The quantitative estimate of drug-likeness (QED) is 0.753. The van der Waals surface area contributed by atoms with Crippen LogP contribution in [0.1, 0.15) is 24.2 Å². The molecule has 1 aliphatic rings. The van der Waals surface area contributed by atoms with Crippen LogP contribution in [-0.2, 0) is 9.53 Å². The van der Waals surface area contributed by atoms with Crippen molar-refractivity contribution >= 4 is 23.5 Å². The van der Waals surface area contributed by atoms with E-state index in [1.807, 2.05) is 0 Å². The van der Waals surface area contributed by atoms with Crippen molar-refractivity contribution in [1.82, 2.24) is 4.90 Å². The summed E-state index contributed by atoms with van der Waals surface area (Å²) in [6.45, 7) is 6.47. The monoisotopic (exact) mass is 334 g/mol. The van der Waals surface area contributed by atoms with Crippen molar-refractivity contribution in [2.75, 3.05) is 44.6 Å². The molecular formula is C17H24N3O4+. The molecule has 7 heteroatoms. The molecule has 0 aliphatic carbocycles. The molecule has 7 nitrogen and oxygen atoms in total. The van der Waals surface area contributed by atoms with Crippen molar-refractivity contribution in [3.63, 3.8) is 0 Å². The van der Waals surface area contributed by atoms with Crippen LogP contribution in [-0.4, -0.2) is 62.0 Å². The number of rotatable bonds is 5. The van der Waals surface area contributed by atoms with E-state index in [2.05, 4.69) is 5.32 Å². The first-order valence-electron chi connectivity index (χ1n) is 8.16. The van der Waals surface area contributed by atoms with Gasteiger partial charge in [-0.1, -0.05) is 12.1 Å². The number of ketones is 1. The lowest BCUT2D eigenvalue weighted by Crippen LogP contribution is -3.15. The normalized spacial score (nSPS) is 15.0. The Morgan fingerprint density at radius 1 is 1.21 bits per heavy atom. The van der Waals surface area contributed by atoms with Gasteiger partial charge in [-0.05, 0) is 26.0 Å². The van der Waals surface area contributed by atoms with Gasteiger partial charge in [-0.15, -0.1) is 0 Å². The third-order valence-electron chi connectivity index (χ3n) is 3.99. The Balaban J connectivity index is 1.84. The zero-order chi connectivity index (χ0) is 17.5. The van der Waals surface area contributed by atoms with Crippen LogP contribution < -0.4 is 10.2 Å². The van der Waals surface area contributed by atoms with Gasteiger partial charge in [0.05, 0.1) is 38.5 Å². The molecule has 0 spiro atoms. The van der Waals surface area contributed by atoms with Gasteiger partial charge in [0.2, 0.25) is 0 Å². The molecule has 0 atom stereocenters. The summed E-state index contributed by atoms with van der Waals surface area (Å²) in [4.78, 5) is 38.2. The Kier molecular flexibility index (Phi) is 6.31. The number of nitrogens with one attached hydrogen (secondary N) is 2. The van der Waals surface area contributed by atoms with Crippen molar-refractivity contribution in [3.05, 3.63) is 29.8 Å². The lowest BCUT2D eigenvalue weighted by Gasteiger charge is -2.31. The minimum Gasteiger partial charge on any atom is -0.450 e. The number of carbonyl (C=O) groups is 3. The van der Waals surface area contributed by atoms with Crippen LogP contribution in [0.5, 0.6) is 0 Å². The highest BCUT2D eigenvalue weighted by Gasteiger charge is 2.26. The van der Waals surface area contributed by atoms with Crippen LogP contribution in [0.3, 0.4) is 0 Å². The molecule has 0 aromatic heterocycles. The number of carbonyl (C=O) groups excluding carboxylic acids is 3. The van der Waals surface area contributed by atoms with Crippen LogP contribution in [0.15, 0.2) is 24.3 Å². The summed E-state index contributed by atoms with van der Waals surface area (Å²) in [5, 5.41) is 2.81. The van der Waals surface area contributed by atoms with E-state index in [4.69, 9.17) is 4.74 Å². The molecule has 1 aromatic carbocycles. The summed E-state index contributed by atoms with van der Waals surface area (Å²) in [5.74, 6) is -0.218. The largest absolute Gasteiger partial charge is 0.450 e. The van der Waals surface area contributed by atoms with Gasteiger partial charge in [0.1, 0.15) is 0 Å². The lowest BCUT2D eigenvalue weighted by molar-refractivity contribution is -0.895. The number of ether oxygens (including phenoxy) is 1. The van der Waals surface area contributed by atoms with Crippen LogP contribution in [0, 0.1) is 0 Å². The summed E-state index contributed by atoms with van der Waals surface area (Å²) in [6.07, 6.45) is -0.295. The first-order valence-corrected chi connectivity index (χ1v) is 8.16. The lowest BCUT2D eigenvalue weighted by atomic mass is 10.1. The van der Waals surface area contributed by atoms with E-state index in [9.17, 15) is 14.4 Å². The minimum atomic E-state index is -0.295. The molecule has 1 saturated heterocycles. The second-order valence-corrected chi connectivity index (χ2v) is 5.76. The van der Waals surface area contributed by atoms with Crippen LogP contribution in [0.2, 0.25) is 0 Å². The number of amides is 2. The molecule has 0 bridgehead atoms. The second-order valence-electron chi connectivity index (χ2n) is 5.76. The maximum Gasteiger partial charge on any atom is 0.410 e. The van der Waals surface area contributed by atoms with Gasteiger partial charge in [0, 0.05) is 5.56 Å². The van der Waals surface area contributed by atoms with Gasteiger partial charge in [-0.2, -0.15) is 0 Å². The molecule has 1 aromatic rings. The van der Waals surface area contributed by atoms with E-state index in [1.165, 1.54) is 6.92 Å². The molecule has 24 heavy (non-hydrogen) atoms. The van der Waals surface area contributed by atoms with E-state index in [0.29, 0.717) is 50.6 Å². The van der Waals surface area contributed by atoms with Gasteiger partial charge >= 0.3 is 6.09 Å². The van der Waals surface area contributed by atoms with Crippen molar-refractivity contribution in [3.8, 4) is 0 Å². The van der Waals surface area contributed by atoms with Crippen molar-refractivity contribution in [2.24, 2.45) is 0 Å². The first kappa shape index (κ1) is 17.9. The summed E-state index contributed by atoms with van der Waals surface area (Å²) in [5.41, 5.74) is 1.05. The predicted octanol–water partition coefficient (Wildman–Crippen LogP) is 0.185. The molecule has 2 N–H and O–H groups in total. The van der Waals surface area contributed by atoms with Crippen LogP contribution in [0.4, 0.5) is 10.5 Å². The van der Waals surface area contributed by atoms with E-state index in [-0.39, 0.29) is 17.8 Å². The van der Waals surface area contributed by atoms with E-state index >= 15 is 0 Å². The average Bonchev–Trinajstić information content (AvgIpc) is 2.56. The molecule has 2 rings (SSSR count). The number of nitrogens with zero attached hydrogens (tertiary/aromatic N) is 1. The molecule has 1 fully saturated rings. The fraction of sp³-hybridized carbons (Fsp3) is 0.471. The predicted molar refractivity (Wildman–Crippen MR) is 89.2 cm³/mol. The summed E-state index contributed by atoms with van der Waals surface area (Å²) in [6, 6.07) is 6.98. The second kappa shape index (κ2) is 8.44. The van der Waals surface area contributed by atoms with Crippen molar-refractivity contribution in [2.45, 2.75) is 13.8 Å². The Morgan fingerprint density at radius 3 is 2.50 bits per heavy atom. The van der Waals surface area contributed by atoms with E-state index < -0.39 is 0 Å². The highest BCUT2D eigenvalue weighted by atomic mass is 16.6. The molecule has 0 unspecified atom stereocenters. The third-order valence-corrected chi connectivity index (χ3v) is 3.99. The number of benzene rings is 1. The average molecular weight is 334 g/mol. The van der Waals surface area contributed by atoms with Crippen molar-refractivity contribution < 1.29 is 24.0 Å². The maximum atomic E-state index is 12.2. The van der Waals surface area contributed by atoms with Gasteiger partial charge in [0.15, 0.2) is 12.3 Å². The number of hydrogen-bond donors (Lipinski definition) is 2. The number of piperazine rings is 1. The number of para-hydroxylation sites is 1. The van der Waals surface area contributed by atoms with Gasteiger partial charge < -0.3 is 15.0 Å². The molecule has 130 valence electrons. The fourth-order valence-corrected chi connectivity index (χ4v) is 2.72. The Labute approximate surface area is 141 Å². The molecule has 0 radical (unpaired) electrons. The van der Waals surface area contributed by atoms with Gasteiger partial charge in [-0.25, -0.2) is 4.79 Å². The summed E-state index contributed by atoms with van der Waals surface area (Å²) in [7, 11) is 0. The third kappa shape index (κ3) is 4.79. The molecular weight excluding hydrogens is 310 g/mol. The van der Waals surface area contributed by atoms with E-state index in [1.54, 1.807) is 36.1 Å². The smallest absolute Gasteiger partial charge is 0.410 e. The van der Waals surface area contributed by atoms with Gasteiger partial charge in [0.25, 0.3) is 5.91 Å². The first-order chi connectivity index (χ1) is 11.5. The Bertz CT molecular complexity index is 610. The molecule has 1 aliphatic heterocycles. The molecule has 0 saturated carbocycles. The highest BCUT2D eigenvalue weighted by Crippen LogP contribution is 2.15. The Hall–Kier alpha value is -2.41. The summed E-state index contributed by atoms with van der Waals surface area (Å²) >= 11 is 0. The van der Waals surface area contributed by atoms with Crippen LogP contribution >= 0.6 is 0 Å².